The number of esters is 1. The Labute approximate surface area is 121 Å². The molecule has 0 aliphatic heterocycles. The Morgan fingerprint density at radius 2 is 1.95 bits per heavy atom. The largest absolute Gasteiger partial charge is 0.466 e. The first-order valence-corrected chi connectivity index (χ1v) is 8.92. The lowest BCUT2D eigenvalue weighted by molar-refractivity contribution is -0.151. The molecule has 0 aromatic carbocycles. The minimum absolute atomic E-state index is 0.102. The van der Waals surface area contributed by atoms with E-state index >= 15 is 0 Å². The second-order valence-electron chi connectivity index (χ2n) is 6.62. The molecule has 20 heavy (non-hydrogen) atoms. The van der Waals surface area contributed by atoms with Crippen molar-refractivity contribution in [1.29, 1.82) is 0 Å². The molecule has 2 fully saturated rings. The first-order valence-electron chi connectivity index (χ1n) is 7.38. The molecule has 1 N–H and O–H groups in total. The minimum atomic E-state index is -3.22. The normalized spacial score (nSPS) is 33.1. The van der Waals surface area contributed by atoms with Crippen molar-refractivity contribution in [3.8, 4) is 0 Å². The highest BCUT2D eigenvalue weighted by Gasteiger charge is 2.52. The second kappa shape index (κ2) is 5.30. The van der Waals surface area contributed by atoms with E-state index in [1.54, 1.807) is 6.92 Å². The molecule has 0 saturated heterocycles. The number of rotatable bonds is 5. The Balaban J connectivity index is 2.11. The molecule has 0 radical (unpaired) electrons. The number of ether oxygens (including phenoxy) is 1. The molecule has 0 aromatic heterocycles. The van der Waals surface area contributed by atoms with Crippen LogP contribution in [-0.2, 0) is 19.6 Å². The first-order chi connectivity index (χ1) is 9.20. The van der Waals surface area contributed by atoms with Crippen LogP contribution >= 0.6 is 0 Å². The van der Waals surface area contributed by atoms with E-state index in [4.69, 9.17) is 4.74 Å². The van der Waals surface area contributed by atoms with Crippen LogP contribution in [-0.4, -0.2) is 32.3 Å². The summed E-state index contributed by atoms with van der Waals surface area (Å²) >= 11 is 0. The summed E-state index contributed by atoms with van der Waals surface area (Å²) in [6.45, 7) is 8.20. The van der Waals surface area contributed by atoms with Gasteiger partial charge < -0.3 is 4.74 Å². The van der Waals surface area contributed by atoms with Crippen molar-refractivity contribution in [2.45, 2.75) is 58.2 Å². The summed E-state index contributed by atoms with van der Waals surface area (Å²) in [5.74, 6) is -0.354. The van der Waals surface area contributed by atoms with Gasteiger partial charge in [0, 0.05) is 6.04 Å². The van der Waals surface area contributed by atoms with Gasteiger partial charge in [-0.05, 0) is 37.5 Å². The number of carbonyl (C=O) groups is 1. The Morgan fingerprint density at radius 1 is 1.35 bits per heavy atom. The van der Waals surface area contributed by atoms with Gasteiger partial charge in [0.15, 0.2) is 0 Å². The fourth-order valence-corrected chi connectivity index (χ4v) is 4.75. The molecule has 2 aliphatic rings. The van der Waals surface area contributed by atoms with Gasteiger partial charge in [-0.25, -0.2) is 13.1 Å². The molecular weight excluding hydrogens is 278 g/mol. The lowest BCUT2D eigenvalue weighted by Gasteiger charge is -2.30. The number of hydrogen-bond acceptors (Lipinski definition) is 4. The van der Waals surface area contributed by atoms with Crippen molar-refractivity contribution < 1.29 is 17.9 Å². The molecule has 0 heterocycles. The molecule has 2 saturated carbocycles. The maximum Gasteiger partial charge on any atom is 0.309 e. The van der Waals surface area contributed by atoms with Gasteiger partial charge in [-0.15, -0.1) is 0 Å². The van der Waals surface area contributed by atoms with Gasteiger partial charge in [0.25, 0.3) is 0 Å². The maximum atomic E-state index is 12.1. The SMILES string of the molecule is CCOC(=O)[C@@H]1C[C@H](NS(=O)(=O)C2CC2)[C@H](C)C1(C)C. The van der Waals surface area contributed by atoms with Crippen LogP contribution in [0.5, 0.6) is 0 Å². The number of sulfonamides is 1. The molecular formula is C14H25NO4S. The van der Waals surface area contributed by atoms with Crippen molar-refractivity contribution in [3.05, 3.63) is 0 Å². The molecule has 2 rings (SSSR count). The van der Waals surface area contributed by atoms with E-state index in [0.717, 1.165) is 12.8 Å². The minimum Gasteiger partial charge on any atom is -0.466 e. The Hall–Kier alpha value is -0.620. The molecule has 0 bridgehead atoms. The maximum absolute atomic E-state index is 12.1. The van der Waals surface area contributed by atoms with Gasteiger partial charge in [-0.2, -0.15) is 0 Å². The van der Waals surface area contributed by atoms with E-state index in [1.807, 2.05) is 20.8 Å². The zero-order valence-corrected chi connectivity index (χ0v) is 13.5. The van der Waals surface area contributed by atoms with Crippen LogP contribution in [0.4, 0.5) is 0 Å². The third-order valence-corrected chi connectivity index (χ3v) is 7.00. The number of carbonyl (C=O) groups excluding carboxylic acids is 1. The van der Waals surface area contributed by atoms with Gasteiger partial charge in [0.2, 0.25) is 10.0 Å². The van der Waals surface area contributed by atoms with Gasteiger partial charge in [0.05, 0.1) is 17.8 Å². The van der Waals surface area contributed by atoms with Crippen molar-refractivity contribution in [2.75, 3.05) is 6.61 Å². The van der Waals surface area contributed by atoms with E-state index in [-0.39, 0.29) is 34.5 Å². The van der Waals surface area contributed by atoms with Crippen LogP contribution in [0, 0.1) is 17.3 Å². The molecule has 116 valence electrons. The van der Waals surface area contributed by atoms with Crippen LogP contribution in [0.2, 0.25) is 0 Å². The third kappa shape index (κ3) is 2.86. The van der Waals surface area contributed by atoms with Gasteiger partial charge in [-0.1, -0.05) is 20.8 Å². The summed E-state index contributed by atoms with van der Waals surface area (Å²) < 4.78 is 32.1. The summed E-state index contributed by atoms with van der Waals surface area (Å²) in [5, 5.41) is -0.223. The highest BCUT2D eigenvalue weighted by Crippen LogP contribution is 2.48. The van der Waals surface area contributed by atoms with E-state index in [1.165, 1.54) is 0 Å². The van der Waals surface area contributed by atoms with E-state index in [0.29, 0.717) is 13.0 Å². The zero-order valence-electron chi connectivity index (χ0n) is 12.7. The van der Waals surface area contributed by atoms with Crippen LogP contribution in [0.15, 0.2) is 0 Å². The van der Waals surface area contributed by atoms with Crippen LogP contribution in [0.1, 0.15) is 47.0 Å². The topological polar surface area (TPSA) is 72.5 Å². The first kappa shape index (κ1) is 15.8. The molecule has 6 heteroatoms. The molecule has 0 amide bonds. The van der Waals surface area contributed by atoms with Gasteiger partial charge in [0.1, 0.15) is 0 Å². The predicted molar refractivity (Wildman–Crippen MR) is 76.6 cm³/mol. The molecule has 3 atom stereocenters. The highest BCUT2D eigenvalue weighted by molar-refractivity contribution is 7.90. The molecule has 0 aromatic rings. The summed E-state index contributed by atoms with van der Waals surface area (Å²) in [5.41, 5.74) is -0.261. The smallest absolute Gasteiger partial charge is 0.309 e. The molecule has 0 spiro atoms. The van der Waals surface area contributed by atoms with Crippen LogP contribution < -0.4 is 4.72 Å². The fourth-order valence-electron chi connectivity index (χ4n) is 3.08. The van der Waals surface area contributed by atoms with E-state index in [9.17, 15) is 13.2 Å². The van der Waals surface area contributed by atoms with E-state index < -0.39 is 10.0 Å². The monoisotopic (exact) mass is 303 g/mol. The van der Waals surface area contributed by atoms with Crippen molar-refractivity contribution in [3.63, 3.8) is 0 Å². The summed E-state index contributed by atoms with van der Waals surface area (Å²) in [6.07, 6.45) is 2.03. The van der Waals surface area contributed by atoms with E-state index in [2.05, 4.69) is 4.72 Å². The van der Waals surface area contributed by atoms with Crippen LogP contribution in [0.3, 0.4) is 0 Å². The molecule has 0 unspecified atom stereocenters. The zero-order chi connectivity index (χ0) is 15.1. The summed E-state index contributed by atoms with van der Waals surface area (Å²) in [6, 6.07) is -0.176. The third-order valence-electron chi connectivity index (χ3n) is 5.01. The van der Waals surface area contributed by atoms with Crippen molar-refractivity contribution >= 4 is 16.0 Å². The van der Waals surface area contributed by atoms with Crippen molar-refractivity contribution in [1.82, 2.24) is 4.72 Å². The molecule has 5 nitrogen and oxygen atoms in total. The average Bonchev–Trinajstić information content (AvgIpc) is 3.14. The van der Waals surface area contributed by atoms with Crippen molar-refractivity contribution in [2.24, 2.45) is 17.3 Å². The Bertz CT molecular complexity index is 481. The van der Waals surface area contributed by atoms with Crippen LogP contribution in [0.25, 0.3) is 0 Å². The quantitative estimate of drug-likeness (QED) is 0.784. The fraction of sp³-hybridized carbons (Fsp3) is 0.929. The number of hydrogen-bond donors (Lipinski definition) is 1. The molecule has 2 aliphatic carbocycles. The lowest BCUT2D eigenvalue weighted by atomic mass is 9.76. The summed E-state index contributed by atoms with van der Waals surface area (Å²) in [4.78, 5) is 12.1. The number of nitrogens with one attached hydrogen (secondary N) is 1. The highest BCUT2D eigenvalue weighted by atomic mass is 32.2. The van der Waals surface area contributed by atoms with Gasteiger partial charge in [-0.3, -0.25) is 4.79 Å². The predicted octanol–water partition coefficient (Wildman–Crippen LogP) is 1.68. The standard InChI is InChI=1S/C14H25NO4S/c1-5-19-13(16)11-8-12(9(2)14(11,3)4)15-20(17,18)10-6-7-10/h9-12,15H,5-8H2,1-4H3/t9-,11-,12-/m0/s1. The second-order valence-corrected chi connectivity index (χ2v) is 8.61. The Kier molecular flexibility index (Phi) is 4.17. The lowest BCUT2D eigenvalue weighted by Crippen LogP contribution is -2.40. The van der Waals surface area contributed by atoms with Gasteiger partial charge >= 0.3 is 5.97 Å². The summed E-state index contributed by atoms with van der Waals surface area (Å²) in [7, 11) is -3.22. The Morgan fingerprint density at radius 3 is 2.45 bits per heavy atom. The average molecular weight is 303 g/mol.